The van der Waals surface area contributed by atoms with Crippen molar-refractivity contribution in [2.45, 2.75) is 32.9 Å². The number of amides is 1. The third kappa shape index (κ3) is 4.77. The van der Waals surface area contributed by atoms with Crippen LogP contribution in [0.25, 0.3) is 10.8 Å². The van der Waals surface area contributed by atoms with Crippen molar-refractivity contribution in [2.24, 2.45) is 0 Å². The van der Waals surface area contributed by atoms with Crippen LogP contribution >= 0.6 is 0 Å². The molecule has 0 fully saturated rings. The highest BCUT2D eigenvalue weighted by Gasteiger charge is 2.29. The maximum absolute atomic E-state index is 12.8. The molecule has 1 atom stereocenters. The van der Waals surface area contributed by atoms with Crippen molar-refractivity contribution < 1.29 is 13.2 Å². The van der Waals surface area contributed by atoms with Crippen LogP contribution in [0.2, 0.25) is 0 Å². The molecule has 3 aromatic carbocycles. The Labute approximate surface area is 172 Å². The second kappa shape index (κ2) is 8.66. The number of benzene rings is 3. The molecule has 0 saturated heterocycles. The molecule has 0 aromatic heterocycles. The highest BCUT2D eigenvalue weighted by Crippen LogP contribution is 2.22. The van der Waals surface area contributed by atoms with Crippen molar-refractivity contribution in [3.8, 4) is 0 Å². The zero-order valence-corrected chi connectivity index (χ0v) is 17.7. The molecule has 6 heteroatoms. The summed E-state index contributed by atoms with van der Waals surface area (Å²) in [5.41, 5.74) is 2.58. The summed E-state index contributed by atoms with van der Waals surface area (Å²) >= 11 is 0. The number of hydrogen-bond acceptors (Lipinski definition) is 3. The van der Waals surface area contributed by atoms with Gasteiger partial charge in [0.25, 0.3) is 0 Å². The van der Waals surface area contributed by atoms with E-state index >= 15 is 0 Å². The lowest BCUT2D eigenvalue weighted by molar-refractivity contribution is -0.122. The molecule has 0 spiro atoms. The Morgan fingerprint density at radius 3 is 2.31 bits per heavy atom. The number of nitrogens with one attached hydrogen (secondary N) is 1. The Kier molecular flexibility index (Phi) is 6.23. The Morgan fingerprint density at radius 1 is 1.00 bits per heavy atom. The third-order valence-electron chi connectivity index (χ3n) is 5.02. The average molecular weight is 411 g/mol. The predicted octanol–water partition coefficient (Wildman–Crippen LogP) is 3.87. The summed E-state index contributed by atoms with van der Waals surface area (Å²) in [6, 6.07) is 20.3. The van der Waals surface area contributed by atoms with E-state index in [1.807, 2.05) is 61.5 Å². The Balaban J connectivity index is 1.80. The Bertz CT molecular complexity index is 1100. The third-order valence-corrected chi connectivity index (χ3v) is 6.26. The molecular formula is C23H26N2O3S. The van der Waals surface area contributed by atoms with E-state index in [4.69, 9.17) is 0 Å². The second-order valence-corrected chi connectivity index (χ2v) is 8.97. The first-order valence-electron chi connectivity index (χ1n) is 9.64. The van der Waals surface area contributed by atoms with Crippen LogP contribution in [0.5, 0.6) is 0 Å². The highest BCUT2D eigenvalue weighted by atomic mass is 32.2. The summed E-state index contributed by atoms with van der Waals surface area (Å²) in [5, 5.41) is 5.06. The number of nitrogens with zero attached hydrogens (tertiary/aromatic N) is 1. The van der Waals surface area contributed by atoms with Crippen LogP contribution in [0.4, 0.5) is 5.69 Å². The lowest BCUT2D eigenvalue weighted by atomic mass is 10.0. The molecule has 0 saturated carbocycles. The first-order chi connectivity index (χ1) is 13.8. The largest absolute Gasteiger partial charge is 0.350 e. The van der Waals surface area contributed by atoms with Crippen molar-refractivity contribution >= 4 is 32.4 Å². The van der Waals surface area contributed by atoms with E-state index in [2.05, 4.69) is 5.32 Å². The van der Waals surface area contributed by atoms with Crippen LogP contribution in [0.1, 0.15) is 25.0 Å². The minimum absolute atomic E-state index is 0.330. The van der Waals surface area contributed by atoms with Crippen LogP contribution < -0.4 is 9.62 Å². The molecule has 0 bridgehead atoms. The molecule has 0 aliphatic heterocycles. The van der Waals surface area contributed by atoms with E-state index in [9.17, 15) is 13.2 Å². The molecular weight excluding hydrogens is 384 g/mol. The van der Waals surface area contributed by atoms with E-state index in [1.165, 1.54) is 4.31 Å². The number of carbonyl (C=O) groups excluding carboxylic acids is 1. The van der Waals surface area contributed by atoms with Gasteiger partial charge in [-0.05, 0) is 47.4 Å². The van der Waals surface area contributed by atoms with Gasteiger partial charge in [-0.15, -0.1) is 0 Å². The van der Waals surface area contributed by atoms with Crippen molar-refractivity contribution in [1.29, 1.82) is 0 Å². The molecule has 1 amide bonds. The van der Waals surface area contributed by atoms with E-state index in [1.54, 1.807) is 19.1 Å². The van der Waals surface area contributed by atoms with Gasteiger partial charge in [-0.2, -0.15) is 0 Å². The predicted molar refractivity (Wildman–Crippen MR) is 118 cm³/mol. The topological polar surface area (TPSA) is 66.5 Å². The molecule has 29 heavy (non-hydrogen) atoms. The maximum Gasteiger partial charge on any atom is 0.243 e. The van der Waals surface area contributed by atoms with Gasteiger partial charge in [0.15, 0.2) is 0 Å². The monoisotopic (exact) mass is 410 g/mol. The van der Waals surface area contributed by atoms with E-state index < -0.39 is 16.1 Å². The molecule has 0 unspecified atom stereocenters. The number of sulfonamides is 1. The normalized spacial score (nSPS) is 12.5. The fraction of sp³-hybridized carbons (Fsp3) is 0.261. The first-order valence-corrected chi connectivity index (χ1v) is 11.5. The number of carbonyl (C=O) groups is 1. The molecule has 3 aromatic rings. The maximum atomic E-state index is 12.8. The molecule has 0 aliphatic rings. The lowest BCUT2D eigenvalue weighted by Gasteiger charge is -2.28. The fourth-order valence-electron chi connectivity index (χ4n) is 3.46. The second-order valence-electron chi connectivity index (χ2n) is 7.11. The van der Waals surface area contributed by atoms with Gasteiger partial charge in [-0.3, -0.25) is 9.10 Å². The highest BCUT2D eigenvalue weighted by molar-refractivity contribution is 7.92. The first kappa shape index (κ1) is 20.9. The summed E-state index contributed by atoms with van der Waals surface area (Å²) in [4.78, 5) is 12.8. The number of aryl methyl sites for hydroxylation is 1. The van der Waals surface area contributed by atoms with Gasteiger partial charge in [-0.25, -0.2) is 8.42 Å². The SMILES string of the molecule is CCc1ccc(N([C@@H](C)C(=O)NCc2cccc3ccccc23)S(C)(=O)=O)cc1. The number of rotatable bonds is 7. The molecule has 0 radical (unpaired) electrons. The van der Waals surface area contributed by atoms with Crippen molar-refractivity contribution in [3.63, 3.8) is 0 Å². The minimum atomic E-state index is -3.63. The summed E-state index contributed by atoms with van der Waals surface area (Å²) in [6.45, 7) is 3.97. The van der Waals surface area contributed by atoms with E-state index in [0.717, 1.165) is 34.6 Å². The zero-order chi connectivity index (χ0) is 21.0. The zero-order valence-electron chi connectivity index (χ0n) is 16.9. The molecule has 3 rings (SSSR count). The quantitative estimate of drug-likeness (QED) is 0.643. The average Bonchev–Trinajstić information content (AvgIpc) is 2.71. The van der Waals surface area contributed by atoms with Crippen LogP contribution in [-0.2, 0) is 27.8 Å². The smallest absolute Gasteiger partial charge is 0.243 e. The van der Waals surface area contributed by atoms with Gasteiger partial charge in [0.2, 0.25) is 15.9 Å². The molecule has 152 valence electrons. The lowest BCUT2D eigenvalue weighted by Crippen LogP contribution is -2.47. The van der Waals surface area contributed by atoms with Gasteiger partial charge in [0.1, 0.15) is 6.04 Å². The molecule has 5 nitrogen and oxygen atoms in total. The number of anilines is 1. The van der Waals surface area contributed by atoms with Crippen molar-refractivity contribution in [2.75, 3.05) is 10.6 Å². The molecule has 0 heterocycles. The summed E-state index contributed by atoms with van der Waals surface area (Å²) in [7, 11) is -3.63. The number of fused-ring (bicyclic) bond motifs is 1. The fourth-order valence-corrected chi connectivity index (χ4v) is 4.64. The van der Waals surface area contributed by atoms with Crippen LogP contribution in [0.15, 0.2) is 66.7 Å². The van der Waals surface area contributed by atoms with Crippen LogP contribution in [0.3, 0.4) is 0 Å². The minimum Gasteiger partial charge on any atom is -0.350 e. The van der Waals surface area contributed by atoms with E-state index in [-0.39, 0.29) is 5.91 Å². The Hall–Kier alpha value is -2.86. The summed E-state index contributed by atoms with van der Waals surface area (Å²) in [5.74, 6) is -0.345. The van der Waals surface area contributed by atoms with Crippen LogP contribution in [0, 0.1) is 0 Å². The molecule has 0 aliphatic carbocycles. The van der Waals surface area contributed by atoms with Crippen molar-refractivity contribution in [1.82, 2.24) is 5.32 Å². The summed E-state index contributed by atoms with van der Waals surface area (Å²) in [6.07, 6.45) is 1.98. The van der Waals surface area contributed by atoms with Gasteiger partial charge in [0, 0.05) is 6.54 Å². The Morgan fingerprint density at radius 2 is 1.66 bits per heavy atom. The van der Waals surface area contributed by atoms with Gasteiger partial charge >= 0.3 is 0 Å². The van der Waals surface area contributed by atoms with E-state index in [0.29, 0.717) is 12.2 Å². The summed E-state index contributed by atoms with van der Waals surface area (Å²) < 4.78 is 26.0. The van der Waals surface area contributed by atoms with Gasteiger partial charge in [-0.1, -0.05) is 61.5 Å². The van der Waals surface area contributed by atoms with Crippen LogP contribution in [-0.4, -0.2) is 26.6 Å². The standard InChI is InChI=1S/C23H26N2O3S/c1-4-18-12-14-21(15-13-18)25(29(3,27)28)17(2)23(26)24-16-20-10-7-9-19-8-5-6-11-22(19)20/h5-15,17H,4,16H2,1-3H3,(H,24,26)/t17-/m0/s1. The molecule has 1 N–H and O–H groups in total. The number of hydrogen-bond donors (Lipinski definition) is 1. The van der Waals surface area contributed by atoms with Crippen molar-refractivity contribution in [3.05, 3.63) is 77.9 Å². The van der Waals surface area contributed by atoms with Gasteiger partial charge < -0.3 is 5.32 Å². The van der Waals surface area contributed by atoms with Gasteiger partial charge in [0.05, 0.1) is 11.9 Å².